The fraction of sp³-hybridized carbons (Fsp3) is 0.538. The average Bonchev–Trinajstić information content (AvgIpc) is 3.02. The summed E-state index contributed by atoms with van der Waals surface area (Å²) in [5.74, 6) is 0. The lowest BCUT2D eigenvalue weighted by Crippen LogP contribution is -2.31. The van der Waals surface area contributed by atoms with Crippen LogP contribution in [0, 0.1) is 5.41 Å². The predicted molar refractivity (Wildman–Crippen MR) is 68.5 cm³/mol. The molecule has 0 spiro atoms. The molecule has 1 saturated carbocycles. The highest BCUT2D eigenvalue weighted by molar-refractivity contribution is 6.30. The minimum atomic E-state index is 0.418. The van der Waals surface area contributed by atoms with Crippen molar-refractivity contribution in [2.45, 2.75) is 19.4 Å². The summed E-state index contributed by atoms with van der Waals surface area (Å²) in [5, 5.41) is 0.798. The van der Waals surface area contributed by atoms with Crippen molar-refractivity contribution >= 4 is 11.6 Å². The molecule has 0 amide bonds. The Labute approximate surface area is 102 Å². The molecule has 0 radical (unpaired) electrons. The first-order chi connectivity index (χ1) is 7.63. The number of hydrogen-bond acceptors (Lipinski definition) is 2. The van der Waals surface area contributed by atoms with Crippen LogP contribution >= 0.6 is 11.6 Å². The molecule has 0 saturated heterocycles. The highest BCUT2D eigenvalue weighted by Crippen LogP contribution is 2.45. The third-order valence-corrected chi connectivity index (χ3v) is 3.61. The highest BCUT2D eigenvalue weighted by Gasteiger charge is 2.41. The third-order valence-electron chi connectivity index (χ3n) is 3.36. The molecule has 3 heteroatoms. The van der Waals surface area contributed by atoms with E-state index in [4.69, 9.17) is 17.3 Å². The molecule has 0 atom stereocenters. The first-order valence-corrected chi connectivity index (χ1v) is 6.14. The molecule has 0 bridgehead atoms. The first-order valence-electron chi connectivity index (χ1n) is 5.77. The van der Waals surface area contributed by atoms with E-state index in [0.717, 1.165) is 24.7 Å². The maximum atomic E-state index is 5.86. The molecule has 0 aliphatic heterocycles. The first kappa shape index (κ1) is 11.9. The molecule has 0 unspecified atom stereocenters. The van der Waals surface area contributed by atoms with Crippen LogP contribution in [0.2, 0.25) is 5.02 Å². The van der Waals surface area contributed by atoms with Crippen LogP contribution < -0.4 is 5.73 Å². The van der Waals surface area contributed by atoms with Gasteiger partial charge in [0.1, 0.15) is 0 Å². The second kappa shape index (κ2) is 4.74. The Morgan fingerprint density at radius 2 is 1.94 bits per heavy atom. The van der Waals surface area contributed by atoms with E-state index in [9.17, 15) is 0 Å². The highest BCUT2D eigenvalue weighted by atomic mass is 35.5. The van der Waals surface area contributed by atoms with Crippen molar-refractivity contribution in [3.05, 3.63) is 34.9 Å². The zero-order chi connectivity index (χ0) is 11.6. The molecule has 2 rings (SSSR count). The third kappa shape index (κ3) is 2.97. The quantitative estimate of drug-likeness (QED) is 0.854. The van der Waals surface area contributed by atoms with E-state index in [-0.39, 0.29) is 0 Å². The molecule has 1 aliphatic carbocycles. The van der Waals surface area contributed by atoms with Gasteiger partial charge in [-0.1, -0.05) is 23.7 Å². The summed E-state index contributed by atoms with van der Waals surface area (Å²) < 4.78 is 0. The van der Waals surface area contributed by atoms with Gasteiger partial charge in [0.25, 0.3) is 0 Å². The van der Waals surface area contributed by atoms with Crippen LogP contribution in [0.25, 0.3) is 0 Å². The summed E-state index contributed by atoms with van der Waals surface area (Å²) >= 11 is 5.86. The zero-order valence-corrected chi connectivity index (χ0v) is 10.5. The molecule has 1 aromatic carbocycles. The van der Waals surface area contributed by atoms with Crippen LogP contribution in [-0.4, -0.2) is 25.0 Å². The predicted octanol–water partition coefficient (Wildman–Crippen LogP) is 2.51. The standard InChI is InChI=1S/C13H19ClN2/c1-16(10-13(9-15)6-7-13)8-11-2-4-12(14)5-3-11/h2-5H,6-10,15H2,1H3. The van der Waals surface area contributed by atoms with Gasteiger partial charge in [0.2, 0.25) is 0 Å². The van der Waals surface area contributed by atoms with Gasteiger partial charge in [-0.15, -0.1) is 0 Å². The molecule has 2 N–H and O–H groups in total. The van der Waals surface area contributed by atoms with Gasteiger partial charge in [0.05, 0.1) is 0 Å². The minimum absolute atomic E-state index is 0.418. The van der Waals surface area contributed by atoms with Crippen LogP contribution in [0.4, 0.5) is 0 Å². The maximum Gasteiger partial charge on any atom is 0.0406 e. The number of nitrogens with zero attached hydrogens (tertiary/aromatic N) is 1. The smallest absolute Gasteiger partial charge is 0.0406 e. The van der Waals surface area contributed by atoms with Gasteiger partial charge in [-0.25, -0.2) is 0 Å². The summed E-state index contributed by atoms with van der Waals surface area (Å²) in [6, 6.07) is 8.06. The van der Waals surface area contributed by atoms with E-state index >= 15 is 0 Å². The fourth-order valence-corrected chi connectivity index (χ4v) is 2.26. The van der Waals surface area contributed by atoms with Crippen LogP contribution in [0.15, 0.2) is 24.3 Å². The molecule has 88 valence electrons. The van der Waals surface area contributed by atoms with Gasteiger partial charge < -0.3 is 10.6 Å². The van der Waals surface area contributed by atoms with Gasteiger partial charge in [-0.3, -0.25) is 0 Å². The van der Waals surface area contributed by atoms with E-state index in [1.165, 1.54) is 18.4 Å². The lowest BCUT2D eigenvalue weighted by atomic mass is 10.1. The molecule has 1 aromatic rings. The molecule has 2 nitrogen and oxygen atoms in total. The Balaban J connectivity index is 1.87. The van der Waals surface area contributed by atoms with Crippen LogP contribution in [0.3, 0.4) is 0 Å². The molecular formula is C13H19ClN2. The van der Waals surface area contributed by atoms with Crippen molar-refractivity contribution in [3.63, 3.8) is 0 Å². The summed E-state index contributed by atoms with van der Waals surface area (Å²) in [6.45, 7) is 2.89. The number of halogens is 1. The Kier molecular flexibility index (Phi) is 3.53. The number of nitrogens with two attached hydrogens (primary N) is 1. The van der Waals surface area contributed by atoms with E-state index in [1.807, 2.05) is 12.1 Å². The van der Waals surface area contributed by atoms with Gasteiger partial charge in [0, 0.05) is 18.1 Å². The van der Waals surface area contributed by atoms with Crippen molar-refractivity contribution in [2.24, 2.45) is 11.1 Å². The Morgan fingerprint density at radius 1 is 1.31 bits per heavy atom. The van der Waals surface area contributed by atoms with Crippen molar-refractivity contribution in [1.29, 1.82) is 0 Å². The number of rotatable bonds is 5. The molecule has 1 fully saturated rings. The summed E-state index contributed by atoms with van der Waals surface area (Å²) in [6.07, 6.45) is 2.57. The van der Waals surface area contributed by atoms with Crippen molar-refractivity contribution < 1.29 is 0 Å². The lowest BCUT2D eigenvalue weighted by molar-refractivity contribution is 0.259. The molecule has 1 aliphatic rings. The summed E-state index contributed by atoms with van der Waals surface area (Å²) in [4.78, 5) is 2.35. The normalized spacial score (nSPS) is 17.8. The van der Waals surface area contributed by atoms with E-state index in [1.54, 1.807) is 0 Å². The summed E-state index contributed by atoms with van der Waals surface area (Å²) in [7, 11) is 2.16. The SMILES string of the molecule is CN(Cc1ccc(Cl)cc1)CC1(CN)CC1. The zero-order valence-electron chi connectivity index (χ0n) is 9.75. The second-order valence-electron chi connectivity index (χ2n) is 5.00. The molecule has 0 aromatic heterocycles. The minimum Gasteiger partial charge on any atom is -0.330 e. The average molecular weight is 239 g/mol. The Hall–Kier alpha value is -0.570. The Morgan fingerprint density at radius 3 is 2.44 bits per heavy atom. The van der Waals surface area contributed by atoms with Gasteiger partial charge in [-0.05, 0) is 49.5 Å². The van der Waals surface area contributed by atoms with Crippen molar-refractivity contribution in [2.75, 3.05) is 20.1 Å². The molecule has 16 heavy (non-hydrogen) atoms. The van der Waals surface area contributed by atoms with Gasteiger partial charge in [0.15, 0.2) is 0 Å². The fourth-order valence-electron chi connectivity index (χ4n) is 2.13. The summed E-state index contributed by atoms with van der Waals surface area (Å²) in [5.41, 5.74) is 7.51. The maximum absolute atomic E-state index is 5.86. The number of benzene rings is 1. The molecular weight excluding hydrogens is 220 g/mol. The van der Waals surface area contributed by atoms with Crippen LogP contribution in [-0.2, 0) is 6.54 Å². The lowest BCUT2D eigenvalue weighted by Gasteiger charge is -2.22. The van der Waals surface area contributed by atoms with Crippen molar-refractivity contribution in [1.82, 2.24) is 4.90 Å². The Bertz CT molecular complexity index is 343. The molecule has 0 heterocycles. The van der Waals surface area contributed by atoms with E-state index < -0.39 is 0 Å². The monoisotopic (exact) mass is 238 g/mol. The largest absolute Gasteiger partial charge is 0.330 e. The second-order valence-corrected chi connectivity index (χ2v) is 5.44. The van der Waals surface area contributed by atoms with Crippen molar-refractivity contribution in [3.8, 4) is 0 Å². The van der Waals surface area contributed by atoms with Gasteiger partial charge in [-0.2, -0.15) is 0 Å². The van der Waals surface area contributed by atoms with Crippen LogP contribution in [0.5, 0.6) is 0 Å². The van der Waals surface area contributed by atoms with Gasteiger partial charge >= 0.3 is 0 Å². The topological polar surface area (TPSA) is 29.3 Å². The number of hydrogen-bond donors (Lipinski definition) is 1. The van der Waals surface area contributed by atoms with E-state index in [0.29, 0.717) is 5.41 Å². The van der Waals surface area contributed by atoms with Crippen LogP contribution in [0.1, 0.15) is 18.4 Å². The van der Waals surface area contributed by atoms with E-state index in [2.05, 4.69) is 24.1 Å².